The van der Waals surface area contributed by atoms with Crippen molar-refractivity contribution >= 4 is 21.8 Å². The summed E-state index contributed by atoms with van der Waals surface area (Å²) in [7, 11) is 0. The summed E-state index contributed by atoms with van der Waals surface area (Å²) >= 11 is 3.44. The highest BCUT2D eigenvalue weighted by atomic mass is 79.9. The van der Waals surface area contributed by atoms with Crippen LogP contribution in [0.5, 0.6) is 0 Å². The number of rotatable bonds is 3. The molecule has 2 heterocycles. The third kappa shape index (κ3) is 2.53. The molecule has 2 fully saturated rings. The SMILES string of the molecule is CC1(C)[C@H]2CC[C@]1(C)N(Cc1cn(-c3ccc(Br)cc3)nn1)C(=O)C2. The van der Waals surface area contributed by atoms with Crippen LogP contribution in [0, 0.1) is 11.3 Å². The second-order valence-corrected chi connectivity index (χ2v) is 8.96. The minimum atomic E-state index is -0.103. The number of amides is 1. The average molecular weight is 403 g/mol. The summed E-state index contributed by atoms with van der Waals surface area (Å²) in [6, 6.07) is 7.93. The van der Waals surface area contributed by atoms with E-state index >= 15 is 0 Å². The second-order valence-electron chi connectivity index (χ2n) is 8.05. The number of hydrogen-bond donors (Lipinski definition) is 0. The monoisotopic (exact) mass is 402 g/mol. The van der Waals surface area contributed by atoms with Crippen molar-refractivity contribution in [2.24, 2.45) is 11.3 Å². The predicted molar refractivity (Wildman–Crippen MR) is 99.1 cm³/mol. The van der Waals surface area contributed by atoms with E-state index in [4.69, 9.17) is 0 Å². The highest BCUT2D eigenvalue weighted by Gasteiger charge is 2.59. The van der Waals surface area contributed by atoms with Gasteiger partial charge in [0.2, 0.25) is 5.91 Å². The van der Waals surface area contributed by atoms with Crippen LogP contribution in [0.2, 0.25) is 0 Å². The molecule has 25 heavy (non-hydrogen) atoms. The Labute approximate surface area is 156 Å². The fourth-order valence-corrected chi connectivity index (χ4v) is 4.79. The lowest BCUT2D eigenvalue weighted by atomic mass is 9.66. The zero-order chi connectivity index (χ0) is 17.8. The Bertz CT molecular complexity index is 813. The van der Waals surface area contributed by atoms with Crippen LogP contribution in [-0.2, 0) is 11.3 Å². The molecule has 4 rings (SSSR count). The van der Waals surface area contributed by atoms with E-state index in [0.717, 1.165) is 28.7 Å². The van der Waals surface area contributed by atoms with E-state index < -0.39 is 0 Å². The van der Waals surface area contributed by atoms with E-state index in [0.29, 0.717) is 18.9 Å². The molecule has 2 aliphatic rings. The van der Waals surface area contributed by atoms with Crippen molar-refractivity contribution < 1.29 is 4.79 Å². The number of hydrogen-bond acceptors (Lipinski definition) is 3. The number of piperidine rings is 1. The Morgan fingerprint density at radius 1 is 1.24 bits per heavy atom. The number of nitrogens with zero attached hydrogens (tertiary/aromatic N) is 4. The Balaban J connectivity index is 1.60. The molecule has 0 spiro atoms. The minimum Gasteiger partial charge on any atom is -0.331 e. The van der Waals surface area contributed by atoms with Crippen molar-refractivity contribution in [2.75, 3.05) is 0 Å². The molecule has 0 N–H and O–H groups in total. The van der Waals surface area contributed by atoms with Crippen LogP contribution in [0.1, 0.15) is 45.7 Å². The number of carbonyl (C=O) groups excluding carboxylic acids is 1. The van der Waals surface area contributed by atoms with Gasteiger partial charge in [-0.05, 0) is 55.4 Å². The molecule has 1 aromatic carbocycles. The molecule has 2 bridgehead atoms. The van der Waals surface area contributed by atoms with Gasteiger partial charge < -0.3 is 4.90 Å². The lowest BCUT2D eigenvalue weighted by Gasteiger charge is -2.52. The number of fused-ring (bicyclic) bond motifs is 2. The molecule has 132 valence electrons. The molecule has 1 aliphatic carbocycles. The Hall–Kier alpha value is -1.69. The zero-order valence-corrected chi connectivity index (χ0v) is 16.5. The molecule has 1 saturated heterocycles. The van der Waals surface area contributed by atoms with Crippen LogP contribution in [-0.4, -0.2) is 31.3 Å². The maximum atomic E-state index is 12.7. The van der Waals surface area contributed by atoms with E-state index in [1.807, 2.05) is 35.4 Å². The van der Waals surface area contributed by atoms with Gasteiger partial charge in [-0.2, -0.15) is 0 Å². The molecule has 6 heteroatoms. The van der Waals surface area contributed by atoms with Crippen molar-refractivity contribution in [1.29, 1.82) is 0 Å². The van der Waals surface area contributed by atoms with Gasteiger partial charge in [0.1, 0.15) is 5.69 Å². The van der Waals surface area contributed by atoms with Gasteiger partial charge in [-0.1, -0.05) is 35.0 Å². The molecule has 1 aromatic heterocycles. The highest BCUT2D eigenvalue weighted by Crippen LogP contribution is 2.57. The number of aromatic nitrogens is 3. The first-order valence-electron chi connectivity index (χ1n) is 8.79. The number of benzene rings is 1. The van der Waals surface area contributed by atoms with Crippen LogP contribution >= 0.6 is 15.9 Å². The Morgan fingerprint density at radius 3 is 2.68 bits per heavy atom. The van der Waals surface area contributed by atoms with Crippen molar-refractivity contribution in [3.63, 3.8) is 0 Å². The largest absolute Gasteiger partial charge is 0.331 e. The number of halogens is 1. The smallest absolute Gasteiger partial charge is 0.223 e. The van der Waals surface area contributed by atoms with Crippen LogP contribution in [0.15, 0.2) is 34.9 Å². The third-order valence-electron chi connectivity index (χ3n) is 6.66. The van der Waals surface area contributed by atoms with E-state index in [9.17, 15) is 4.79 Å². The highest BCUT2D eigenvalue weighted by molar-refractivity contribution is 9.10. The maximum Gasteiger partial charge on any atom is 0.223 e. The van der Waals surface area contributed by atoms with E-state index in [-0.39, 0.29) is 16.9 Å². The fraction of sp³-hybridized carbons (Fsp3) is 0.526. The Kier molecular flexibility index (Phi) is 3.79. The molecule has 2 atom stereocenters. The third-order valence-corrected chi connectivity index (χ3v) is 7.19. The predicted octanol–water partition coefficient (Wildman–Crippen LogP) is 3.96. The summed E-state index contributed by atoms with van der Waals surface area (Å²) in [5, 5.41) is 8.55. The number of carbonyl (C=O) groups is 1. The minimum absolute atomic E-state index is 0.103. The van der Waals surface area contributed by atoms with E-state index in [1.54, 1.807) is 4.68 Å². The summed E-state index contributed by atoms with van der Waals surface area (Å²) in [6.45, 7) is 7.39. The van der Waals surface area contributed by atoms with Gasteiger partial charge in [-0.15, -0.1) is 5.10 Å². The summed E-state index contributed by atoms with van der Waals surface area (Å²) in [6.07, 6.45) is 4.78. The van der Waals surface area contributed by atoms with Gasteiger partial charge in [-0.25, -0.2) is 4.68 Å². The van der Waals surface area contributed by atoms with Gasteiger partial charge in [0.05, 0.1) is 18.4 Å². The van der Waals surface area contributed by atoms with Gasteiger partial charge in [-0.3, -0.25) is 4.79 Å². The summed E-state index contributed by atoms with van der Waals surface area (Å²) in [4.78, 5) is 14.8. The molecule has 5 nitrogen and oxygen atoms in total. The lowest BCUT2D eigenvalue weighted by molar-refractivity contribution is -0.152. The summed E-state index contributed by atoms with van der Waals surface area (Å²) in [5.41, 5.74) is 1.83. The van der Waals surface area contributed by atoms with Gasteiger partial charge >= 0.3 is 0 Å². The molecule has 2 aromatic rings. The summed E-state index contributed by atoms with van der Waals surface area (Å²) in [5.74, 6) is 0.752. The fourth-order valence-electron chi connectivity index (χ4n) is 4.53. The lowest BCUT2D eigenvalue weighted by Crippen LogP contribution is -2.60. The van der Waals surface area contributed by atoms with E-state index in [1.165, 1.54) is 0 Å². The maximum absolute atomic E-state index is 12.7. The van der Waals surface area contributed by atoms with Crippen LogP contribution < -0.4 is 0 Å². The Morgan fingerprint density at radius 2 is 1.96 bits per heavy atom. The molecule has 1 aliphatic heterocycles. The first-order chi connectivity index (χ1) is 11.8. The van der Waals surface area contributed by atoms with Crippen molar-refractivity contribution in [3.8, 4) is 5.69 Å². The van der Waals surface area contributed by atoms with Gasteiger partial charge in [0.25, 0.3) is 0 Å². The average Bonchev–Trinajstić information content (AvgIpc) is 3.07. The van der Waals surface area contributed by atoms with E-state index in [2.05, 4.69) is 47.0 Å². The summed E-state index contributed by atoms with van der Waals surface area (Å²) < 4.78 is 2.79. The zero-order valence-electron chi connectivity index (χ0n) is 14.9. The quantitative estimate of drug-likeness (QED) is 0.780. The van der Waals surface area contributed by atoms with Crippen molar-refractivity contribution in [2.45, 2.75) is 52.1 Å². The molecule has 1 amide bonds. The van der Waals surface area contributed by atoms with Crippen molar-refractivity contribution in [1.82, 2.24) is 19.9 Å². The standard InChI is InChI=1S/C19H23BrN4O/c1-18(2)13-8-9-19(18,3)23(17(25)10-13)11-15-12-24(22-21-15)16-6-4-14(20)5-7-16/h4-7,12-13H,8-11H2,1-3H3/t13-,19-/m0/s1. The van der Waals surface area contributed by atoms with Gasteiger partial charge in [0, 0.05) is 16.4 Å². The second kappa shape index (κ2) is 5.66. The van der Waals surface area contributed by atoms with Crippen molar-refractivity contribution in [3.05, 3.63) is 40.6 Å². The normalized spacial score (nSPS) is 27.8. The first kappa shape index (κ1) is 16.8. The molecular weight excluding hydrogens is 380 g/mol. The van der Waals surface area contributed by atoms with Gasteiger partial charge in [0.15, 0.2) is 0 Å². The molecular formula is C19H23BrN4O. The van der Waals surface area contributed by atoms with Crippen LogP contribution in [0.25, 0.3) is 5.69 Å². The molecule has 0 radical (unpaired) electrons. The molecule has 1 saturated carbocycles. The van der Waals surface area contributed by atoms with Crippen LogP contribution in [0.3, 0.4) is 0 Å². The van der Waals surface area contributed by atoms with Crippen LogP contribution in [0.4, 0.5) is 0 Å². The number of likely N-dealkylation sites (tertiary alicyclic amines) is 1. The topological polar surface area (TPSA) is 51.0 Å². The first-order valence-corrected chi connectivity index (χ1v) is 9.58. The molecule has 0 unspecified atom stereocenters.